The lowest BCUT2D eigenvalue weighted by Gasteiger charge is -2.23. The molecule has 150 valence electrons. The minimum atomic E-state index is -0.199. The predicted octanol–water partition coefficient (Wildman–Crippen LogP) is 4.18. The molecule has 0 aliphatic heterocycles. The molecule has 2 rings (SSSR count). The van der Waals surface area contributed by atoms with Crippen LogP contribution in [0.15, 0.2) is 48.5 Å². The van der Waals surface area contributed by atoms with E-state index in [1.807, 2.05) is 69.3 Å². The van der Waals surface area contributed by atoms with Gasteiger partial charge in [0.25, 0.3) is 0 Å². The van der Waals surface area contributed by atoms with Crippen molar-refractivity contribution >= 4 is 29.1 Å². The summed E-state index contributed by atoms with van der Waals surface area (Å²) >= 11 is 6.22. The highest BCUT2D eigenvalue weighted by Gasteiger charge is 2.18. The Kier molecular flexibility index (Phi) is 8.48. The molecule has 2 amide bonds. The van der Waals surface area contributed by atoms with Gasteiger partial charge in [0.05, 0.1) is 13.1 Å². The first kappa shape index (κ1) is 21.9. The minimum absolute atomic E-state index is 0.0309. The first-order chi connectivity index (χ1) is 13.4. The van der Waals surface area contributed by atoms with Gasteiger partial charge in [-0.15, -0.1) is 0 Å². The second-order valence-electron chi connectivity index (χ2n) is 6.80. The lowest BCUT2D eigenvalue weighted by molar-refractivity contribution is -0.134. The SMILES string of the molecule is CCCN(CC(=O)Nc1ccccc1C)C(=O)CNC(C)c1ccccc1Cl. The third kappa shape index (κ3) is 6.36. The van der Waals surface area contributed by atoms with Gasteiger partial charge in [-0.2, -0.15) is 0 Å². The summed E-state index contributed by atoms with van der Waals surface area (Å²) in [5.74, 6) is -0.309. The summed E-state index contributed by atoms with van der Waals surface area (Å²) < 4.78 is 0. The normalized spacial score (nSPS) is 11.7. The minimum Gasteiger partial charge on any atom is -0.332 e. The van der Waals surface area contributed by atoms with E-state index in [1.54, 1.807) is 4.90 Å². The largest absolute Gasteiger partial charge is 0.332 e. The van der Waals surface area contributed by atoms with E-state index in [2.05, 4.69) is 10.6 Å². The van der Waals surface area contributed by atoms with Gasteiger partial charge in [0.2, 0.25) is 11.8 Å². The third-order valence-electron chi connectivity index (χ3n) is 4.53. The number of nitrogens with zero attached hydrogens (tertiary/aromatic N) is 1. The van der Waals surface area contributed by atoms with Crippen molar-refractivity contribution in [1.82, 2.24) is 10.2 Å². The van der Waals surface area contributed by atoms with Crippen molar-refractivity contribution < 1.29 is 9.59 Å². The molecule has 1 unspecified atom stereocenters. The summed E-state index contributed by atoms with van der Waals surface area (Å²) in [5.41, 5.74) is 2.69. The number of aryl methyl sites for hydroxylation is 1. The number of nitrogens with one attached hydrogen (secondary N) is 2. The number of hydrogen-bond acceptors (Lipinski definition) is 3. The zero-order valence-electron chi connectivity index (χ0n) is 16.7. The van der Waals surface area contributed by atoms with Crippen molar-refractivity contribution in [3.63, 3.8) is 0 Å². The van der Waals surface area contributed by atoms with Crippen LogP contribution in [0.25, 0.3) is 0 Å². The van der Waals surface area contributed by atoms with Crippen molar-refractivity contribution in [3.05, 3.63) is 64.7 Å². The highest BCUT2D eigenvalue weighted by atomic mass is 35.5. The fourth-order valence-corrected chi connectivity index (χ4v) is 3.23. The average molecular weight is 402 g/mol. The van der Waals surface area contributed by atoms with Crippen LogP contribution in [-0.2, 0) is 9.59 Å². The Bertz CT molecular complexity index is 810. The number of carbonyl (C=O) groups is 2. The maximum absolute atomic E-state index is 12.7. The van der Waals surface area contributed by atoms with E-state index in [9.17, 15) is 9.59 Å². The van der Waals surface area contributed by atoms with Crippen LogP contribution >= 0.6 is 11.6 Å². The Morgan fingerprint density at radius 3 is 2.46 bits per heavy atom. The van der Waals surface area contributed by atoms with E-state index in [0.717, 1.165) is 23.2 Å². The van der Waals surface area contributed by atoms with Gasteiger partial charge in [-0.3, -0.25) is 9.59 Å². The topological polar surface area (TPSA) is 61.4 Å². The summed E-state index contributed by atoms with van der Waals surface area (Å²) in [6.45, 7) is 6.59. The molecule has 28 heavy (non-hydrogen) atoms. The molecule has 0 saturated heterocycles. The second-order valence-corrected chi connectivity index (χ2v) is 7.21. The molecular formula is C22H28ClN3O2. The predicted molar refractivity (Wildman–Crippen MR) is 115 cm³/mol. The van der Waals surface area contributed by atoms with Crippen LogP contribution in [0.3, 0.4) is 0 Å². The van der Waals surface area contributed by atoms with E-state index in [-0.39, 0.29) is 30.9 Å². The van der Waals surface area contributed by atoms with Gasteiger partial charge in [-0.25, -0.2) is 0 Å². The summed E-state index contributed by atoms with van der Waals surface area (Å²) in [4.78, 5) is 26.7. The third-order valence-corrected chi connectivity index (χ3v) is 4.88. The molecule has 2 aromatic rings. The Morgan fingerprint density at radius 1 is 1.11 bits per heavy atom. The lowest BCUT2D eigenvalue weighted by Crippen LogP contribution is -2.43. The molecule has 0 spiro atoms. The summed E-state index contributed by atoms with van der Waals surface area (Å²) in [7, 11) is 0. The smallest absolute Gasteiger partial charge is 0.244 e. The maximum atomic E-state index is 12.7. The fourth-order valence-electron chi connectivity index (χ4n) is 2.93. The van der Waals surface area contributed by atoms with Gasteiger partial charge in [-0.1, -0.05) is 54.9 Å². The maximum Gasteiger partial charge on any atom is 0.244 e. The van der Waals surface area contributed by atoms with Gasteiger partial charge >= 0.3 is 0 Å². The molecule has 6 heteroatoms. The van der Waals surface area contributed by atoms with Crippen LogP contribution in [0.2, 0.25) is 5.02 Å². The van der Waals surface area contributed by atoms with E-state index in [0.29, 0.717) is 11.6 Å². The summed E-state index contributed by atoms with van der Waals surface area (Å²) in [6, 6.07) is 15.1. The highest BCUT2D eigenvalue weighted by molar-refractivity contribution is 6.31. The first-order valence-corrected chi connectivity index (χ1v) is 9.91. The van der Waals surface area contributed by atoms with E-state index in [4.69, 9.17) is 11.6 Å². The molecule has 0 aliphatic carbocycles. The monoisotopic (exact) mass is 401 g/mol. The van der Waals surface area contributed by atoms with Gasteiger partial charge in [0, 0.05) is 23.3 Å². The van der Waals surface area contributed by atoms with Crippen molar-refractivity contribution in [1.29, 1.82) is 0 Å². The zero-order chi connectivity index (χ0) is 20.5. The molecule has 0 aliphatic rings. The van der Waals surface area contributed by atoms with Crippen LogP contribution in [0, 0.1) is 6.92 Å². The molecule has 2 aromatic carbocycles. The van der Waals surface area contributed by atoms with Crippen molar-refractivity contribution in [2.24, 2.45) is 0 Å². The number of halogens is 1. The number of para-hydroxylation sites is 1. The molecule has 0 radical (unpaired) electrons. The number of rotatable bonds is 9. The number of amides is 2. The Hall–Kier alpha value is -2.37. The van der Waals surface area contributed by atoms with Crippen LogP contribution in [0.5, 0.6) is 0 Å². The van der Waals surface area contributed by atoms with Gasteiger partial charge in [0.1, 0.15) is 0 Å². The number of anilines is 1. The molecule has 2 N–H and O–H groups in total. The molecule has 0 bridgehead atoms. The average Bonchev–Trinajstić information content (AvgIpc) is 2.67. The van der Waals surface area contributed by atoms with Gasteiger partial charge in [0.15, 0.2) is 0 Å². The molecule has 0 aromatic heterocycles. The molecule has 5 nitrogen and oxygen atoms in total. The van der Waals surface area contributed by atoms with Gasteiger partial charge in [-0.05, 0) is 43.5 Å². The standard InChI is InChI=1S/C22H28ClN3O2/c1-4-13-26(15-21(27)25-20-12-8-5-9-16(20)2)22(28)14-24-17(3)18-10-6-7-11-19(18)23/h5-12,17,24H,4,13-15H2,1-3H3,(H,25,27). The van der Waals surface area contributed by atoms with Crippen LogP contribution in [0.1, 0.15) is 37.4 Å². The lowest BCUT2D eigenvalue weighted by atomic mass is 10.1. The molecule has 0 saturated carbocycles. The zero-order valence-corrected chi connectivity index (χ0v) is 17.4. The second kappa shape index (κ2) is 10.8. The highest BCUT2D eigenvalue weighted by Crippen LogP contribution is 2.21. The molecule has 0 heterocycles. The van der Waals surface area contributed by atoms with Crippen molar-refractivity contribution in [2.45, 2.75) is 33.2 Å². The quantitative estimate of drug-likeness (QED) is 0.662. The fraction of sp³-hybridized carbons (Fsp3) is 0.364. The van der Waals surface area contributed by atoms with Crippen LogP contribution in [-0.4, -0.2) is 36.3 Å². The molecule has 1 atom stereocenters. The Labute approximate surface area is 172 Å². The summed E-state index contributed by atoms with van der Waals surface area (Å²) in [6.07, 6.45) is 0.781. The first-order valence-electron chi connectivity index (χ1n) is 9.53. The molecular weight excluding hydrogens is 374 g/mol. The Balaban J connectivity index is 1.93. The van der Waals surface area contributed by atoms with Crippen LogP contribution in [0.4, 0.5) is 5.69 Å². The van der Waals surface area contributed by atoms with E-state index in [1.165, 1.54) is 0 Å². The summed E-state index contributed by atoms with van der Waals surface area (Å²) in [5, 5.41) is 6.75. The number of hydrogen-bond donors (Lipinski definition) is 2. The van der Waals surface area contributed by atoms with Gasteiger partial charge < -0.3 is 15.5 Å². The number of benzene rings is 2. The van der Waals surface area contributed by atoms with E-state index >= 15 is 0 Å². The van der Waals surface area contributed by atoms with Crippen molar-refractivity contribution in [3.8, 4) is 0 Å². The number of carbonyl (C=O) groups excluding carboxylic acids is 2. The molecule has 0 fully saturated rings. The Morgan fingerprint density at radius 2 is 1.79 bits per heavy atom. The van der Waals surface area contributed by atoms with Crippen LogP contribution < -0.4 is 10.6 Å². The van der Waals surface area contributed by atoms with E-state index < -0.39 is 0 Å². The van der Waals surface area contributed by atoms with Crippen molar-refractivity contribution in [2.75, 3.05) is 25.0 Å².